The molecule has 1 saturated heterocycles. The molecule has 3 rings (SSSR count). The van der Waals surface area contributed by atoms with Crippen LogP contribution >= 0.6 is 0 Å². The van der Waals surface area contributed by atoms with E-state index in [-0.39, 0.29) is 29.3 Å². The van der Waals surface area contributed by atoms with Crippen LogP contribution in [-0.4, -0.2) is 47.0 Å². The van der Waals surface area contributed by atoms with Crippen LogP contribution in [0.4, 0.5) is 0 Å². The van der Waals surface area contributed by atoms with Crippen molar-refractivity contribution in [3.05, 3.63) is 17.5 Å². The van der Waals surface area contributed by atoms with Crippen LogP contribution < -0.4 is 11.1 Å². The van der Waals surface area contributed by atoms with E-state index in [0.717, 1.165) is 31.4 Å². The summed E-state index contributed by atoms with van der Waals surface area (Å²) in [5, 5.41) is 7.02. The van der Waals surface area contributed by atoms with Crippen LogP contribution in [0.15, 0.2) is 10.6 Å². The fourth-order valence-corrected chi connectivity index (χ4v) is 3.83. The second kappa shape index (κ2) is 8.00. The van der Waals surface area contributed by atoms with Gasteiger partial charge in [0.05, 0.1) is 0 Å². The Labute approximate surface area is 161 Å². The van der Waals surface area contributed by atoms with Crippen LogP contribution in [-0.2, 0) is 4.79 Å². The molecule has 0 radical (unpaired) electrons. The minimum atomic E-state index is -0.189. The predicted molar refractivity (Wildman–Crippen MR) is 102 cm³/mol. The van der Waals surface area contributed by atoms with Crippen molar-refractivity contribution in [2.45, 2.75) is 77.3 Å². The third-order valence-electron chi connectivity index (χ3n) is 5.59. The number of hydrogen-bond acceptors (Lipinski definition) is 5. The first kappa shape index (κ1) is 19.9. The number of hydrogen-bond donors (Lipinski definition) is 2. The van der Waals surface area contributed by atoms with Crippen LogP contribution in [0.2, 0.25) is 0 Å². The largest absolute Gasteiger partial charge is 0.360 e. The van der Waals surface area contributed by atoms with E-state index < -0.39 is 0 Å². The first-order chi connectivity index (χ1) is 12.8. The molecule has 0 bridgehead atoms. The van der Waals surface area contributed by atoms with Crippen molar-refractivity contribution in [1.82, 2.24) is 15.4 Å². The molecule has 2 atom stereocenters. The van der Waals surface area contributed by atoms with Gasteiger partial charge in [-0.2, -0.15) is 0 Å². The number of nitrogens with one attached hydrogen (secondary N) is 1. The molecule has 0 spiro atoms. The molecule has 1 aliphatic carbocycles. The van der Waals surface area contributed by atoms with Gasteiger partial charge in [0.1, 0.15) is 5.76 Å². The average Bonchev–Trinajstić information content (AvgIpc) is 3.35. The van der Waals surface area contributed by atoms with Gasteiger partial charge in [-0.15, -0.1) is 0 Å². The first-order valence-electron chi connectivity index (χ1n) is 10.1. The molecule has 2 heterocycles. The maximum atomic E-state index is 12.6. The molecule has 2 fully saturated rings. The minimum absolute atomic E-state index is 0.0290. The van der Waals surface area contributed by atoms with Gasteiger partial charge in [0.15, 0.2) is 5.69 Å². The highest BCUT2D eigenvalue weighted by molar-refractivity contribution is 5.92. The lowest BCUT2D eigenvalue weighted by Crippen LogP contribution is -2.56. The van der Waals surface area contributed by atoms with Crippen LogP contribution in [0.25, 0.3) is 0 Å². The number of nitrogens with two attached hydrogens (primary N) is 1. The molecule has 1 aromatic rings. The second-order valence-electron chi connectivity index (χ2n) is 8.94. The highest BCUT2D eigenvalue weighted by Gasteiger charge is 2.39. The molecule has 150 valence electrons. The van der Waals surface area contributed by atoms with E-state index in [9.17, 15) is 9.59 Å². The Kier molecular flexibility index (Phi) is 5.89. The molecule has 27 heavy (non-hydrogen) atoms. The van der Waals surface area contributed by atoms with Crippen molar-refractivity contribution in [2.24, 2.45) is 11.1 Å². The summed E-state index contributed by atoms with van der Waals surface area (Å²) >= 11 is 0. The van der Waals surface area contributed by atoms with E-state index >= 15 is 0 Å². The molecule has 0 aromatic carbocycles. The van der Waals surface area contributed by atoms with Crippen LogP contribution in [0, 0.1) is 5.41 Å². The monoisotopic (exact) mass is 376 g/mol. The van der Waals surface area contributed by atoms with E-state index in [4.69, 9.17) is 10.3 Å². The van der Waals surface area contributed by atoms with E-state index in [2.05, 4.69) is 31.2 Å². The summed E-state index contributed by atoms with van der Waals surface area (Å²) in [4.78, 5) is 27.1. The van der Waals surface area contributed by atoms with Gasteiger partial charge < -0.3 is 20.5 Å². The number of likely N-dealkylation sites (tertiary alicyclic amines) is 1. The Hall–Kier alpha value is -1.89. The zero-order valence-electron chi connectivity index (χ0n) is 16.7. The summed E-state index contributed by atoms with van der Waals surface area (Å²) in [7, 11) is 0. The second-order valence-corrected chi connectivity index (χ2v) is 8.94. The molecule has 1 aliphatic heterocycles. The van der Waals surface area contributed by atoms with E-state index in [1.807, 2.05) is 4.90 Å². The fraction of sp³-hybridized carbons (Fsp3) is 0.750. The summed E-state index contributed by atoms with van der Waals surface area (Å²) in [5.41, 5.74) is 5.84. The first-order valence-corrected chi connectivity index (χ1v) is 10.1. The molecule has 2 unspecified atom stereocenters. The Balaban J connectivity index is 1.62. The number of nitrogens with zero attached hydrogens (tertiary/aromatic N) is 2. The SMILES string of the molecule is CC(C)(C)C1CC(NC(=O)c2cc(C3CC3)on2)CCN1C(=O)CCCN. The summed E-state index contributed by atoms with van der Waals surface area (Å²) in [6, 6.07) is 1.88. The van der Waals surface area contributed by atoms with Gasteiger partial charge in [0.2, 0.25) is 5.91 Å². The Morgan fingerprint density at radius 3 is 2.70 bits per heavy atom. The maximum Gasteiger partial charge on any atom is 0.273 e. The highest BCUT2D eigenvalue weighted by atomic mass is 16.5. The summed E-state index contributed by atoms with van der Waals surface area (Å²) < 4.78 is 5.29. The van der Waals surface area contributed by atoms with Crippen molar-refractivity contribution in [2.75, 3.05) is 13.1 Å². The molecule has 3 N–H and O–H groups in total. The lowest BCUT2D eigenvalue weighted by atomic mass is 9.79. The zero-order valence-corrected chi connectivity index (χ0v) is 16.7. The van der Waals surface area contributed by atoms with Crippen molar-refractivity contribution in [3.8, 4) is 0 Å². The van der Waals surface area contributed by atoms with Gasteiger partial charge in [-0.05, 0) is 44.1 Å². The molecule has 1 saturated carbocycles. The highest BCUT2D eigenvalue weighted by Crippen LogP contribution is 2.40. The summed E-state index contributed by atoms with van der Waals surface area (Å²) in [6.45, 7) is 7.61. The Morgan fingerprint density at radius 2 is 2.07 bits per heavy atom. The predicted octanol–water partition coefficient (Wildman–Crippen LogP) is 2.43. The molecule has 1 aromatic heterocycles. The number of carbonyl (C=O) groups is 2. The van der Waals surface area contributed by atoms with Crippen molar-refractivity contribution < 1.29 is 14.1 Å². The quantitative estimate of drug-likeness (QED) is 0.794. The van der Waals surface area contributed by atoms with Gasteiger partial charge in [0, 0.05) is 37.0 Å². The fourth-order valence-electron chi connectivity index (χ4n) is 3.83. The summed E-state index contributed by atoms with van der Waals surface area (Å²) in [6.07, 6.45) is 4.92. The number of rotatable bonds is 6. The van der Waals surface area contributed by atoms with Crippen molar-refractivity contribution in [3.63, 3.8) is 0 Å². The topological polar surface area (TPSA) is 101 Å². The van der Waals surface area contributed by atoms with E-state index in [1.165, 1.54) is 0 Å². The van der Waals surface area contributed by atoms with E-state index in [0.29, 0.717) is 37.5 Å². The number of amides is 2. The minimum Gasteiger partial charge on any atom is -0.360 e. The van der Waals surface area contributed by atoms with Crippen LogP contribution in [0.5, 0.6) is 0 Å². The maximum absolute atomic E-state index is 12.6. The number of carbonyl (C=O) groups excluding carboxylic acids is 2. The van der Waals surface area contributed by atoms with Gasteiger partial charge in [-0.1, -0.05) is 25.9 Å². The van der Waals surface area contributed by atoms with Gasteiger partial charge >= 0.3 is 0 Å². The Morgan fingerprint density at radius 1 is 1.33 bits per heavy atom. The molecule has 2 amide bonds. The average molecular weight is 377 g/mol. The number of aromatic nitrogens is 1. The third kappa shape index (κ3) is 4.89. The number of piperidine rings is 1. The van der Waals surface area contributed by atoms with Crippen molar-refractivity contribution in [1.29, 1.82) is 0 Å². The third-order valence-corrected chi connectivity index (χ3v) is 5.59. The standard InChI is InChI=1S/C20H32N4O3/c1-20(2,3)17-11-14(8-10-24(17)18(25)5-4-9-21)22-19(26)15-12-16(27-23-15)13-6-7-13/h12-14,17H,4-11,21H2,1-3H3,(H,22,26). The molecule has 2 aliphatic rings. The summed E-state index contributed by atoms with van der Waals surface area (Å²) in [5.74, 6) is 1.22. The molecule has 7 heteroatoms. The van der Waals surface area contributed by atoms with E-state index in [1.54, 1.807) is 6.07 Å². The van der Waals surface area contributed by atoms with Gasteiger partial charge in [-0.3, -0.25) is 9.59 Å². The lowest BCUT2D eigenvalue weighted by Gasteiger charge is -2.46. The van der Waals surface area contributed by atoms with Crippen LogP contribution in [0.1, 0.15) is 81.5 Å². The van der Waals surface area contributed by atoms with Gasteiger partial charge in [0.25, 0.3) is 5.91 Å². The molecule has 7 nitrogen and oxygen atoms in total. The normalized spacial score (nSPS) is 23.3. The lowest BCUT2D eigenvalue weighted by molar-refractivity contribution is -0.138. The van der Waals surface area contributed by atoms with Crippen LogP contribution in [0.3, 0.4) is 0 Å². The van der Waals surface area contributed by atoms with Gasteiger partial charge in [-0.25, -0.2) is 0 Å². The molecular formula is C20H32N4O3. The Bertz CT molecular complexity index is 675. The van der Waals surface area contributed by atoms with Crippen molar-refractivity contribution >= 4 is 11.8 Å². The zero-order chi connectivity index (χ0) is 19.6. The molecular weight excluding hydrogens is 344 g/mol. The smallest absolute Gasteiger partial charge is 0.273 e.